The van der Waals surface area contributed by atoms with E-state index in [2.05, 4.69) is 4.98 Å². The maximum Gasteiger partial charge on any atom is 0.417 e. The van der Waals surface area contributed by atoms with Crippen molar-refractivity contribution in [2.75, 3.05) is 19.7 Å². The molecule has 1 aliphatic rings. The SMILES string of the molecule is CCOC(C)(C(F)(F)F)C1(CCc2ccc(F)cc2)CCN(Cc2cccnc2)C1. The van der Waals surface area contributed by atoms with Gasteiger partial charge >= 0.3 is 6.18 Å². The lowest BCUT2D eigenvalue weighted by Crippen LogP contribution is -2.59. The van der Waals surface area contributed by atoms with Gasteiger partial charge in [0.05, 0.1) is 0 Å². The van der Waals surface area contributed by atoms with Crippen LogP contribution in [0, 0.1) is 11.2 Å². The molecular formula is C23H28F4N2O. The molecule has 3 nitrogen and oxygen atoms in total. The molecular weight excluding hydrogens is 396 g/mol. The summed E-state index contributed by atoms with van der Waals surface area (Å²) < 4.78 is 61.6. The van der Waals surface area contributed by atoms with E-state index in [4.69, 9.17) is 4.74 Å². The molecule has 0 bridgehead atoms. The summed E-state index contributed by atoms with van der Waals surface area (Å²) in [6, 6.07) is 9.71. The summed E-state index contributed by atoms with van der Waals surface area (Å²) in [6.07, 6.45) is 0.0266. The number of hydrogen-bond donors (Lipinski definition) is 0. The highest BCUT2D eigenvalue weighted by molar-refractivity contribution is 5.18. The maximum absolute atomic E-state index is 14.3. The molecule has 1 saturated heterocycles. The first-order valence-corrected chi connectivity index (χ1v) is 10.3. The Bertz CT molecular complexity index is 812. The number of aryl methyl sites for hydroxylation is 1. The standard InChI is InChI=1S/C23H28F4N2O/c1-3-30-21(2,23(25,26)27)22(11-10-18-6-8-20(24)9-7-18)12-14-29(17-22)16-19-5-4-13-28-15-19/h4-9,13,15H,3,10-12,14,16-17H2,1-2H3. The molecule has 2 heterocycles. The second-order valence-electron chi connectivity index (χ2n) is 8.19. The molecule has 0 spiro atoms. The molecule has 2 unspecified atom stereocenters. The first-order valence-electron chi connectivity index (χ1n) is 10.3. The molecule has 0 aliphatic carbocycles. The van der Waals surface area contributed by atoms with Gasteiger partial charge in [0.2, 0.25) is 0 Å². The number of alkyl halides is 3. The predicted molar refractivity (Wildman–Crippen MR) is 107 cm³/mol. The minimum Gasteiger partial charge on any atom is -0.365 e. The Hall–Kier alpha value is -1.99. The van der Waals surface area contributed by atoms with Crippen LogP contribution in [-0.4, -0.2) is 41.4 Å². The lowest BCUT2D eigenvalue weighted by Gasteiger charge is -2.47. The largest absolute Gasteiger partial charge is 0.417 e. The van der Waals surface area contributed by atoms with Crippen LogP contribution < -0.4 is 0 Å². The molecule has 2 atom stereocenters. The molecule has 0 radical (unpaired) electrons. The summed E-state index contributed by atoms with van der Waals surface area (Å²) in [4.78, 5) is 6.15. The molecule has 0 N–H and O–H groups in total. The van der Waals surface area contributed by atoms with Gasteiger partial charge in [-0.1, -0.05) is 18.2 Å². The van der Waals surface area contributed by atoms with Gasteiger partial charge in [-0.2, -0.15) is 13.2 Å². The fourth-order valence-electron chi connectivity index (χ4n) is 4.53. The number of likely N-dealkylation sites (tertiary alicyclic amines) is 1. The zero-order chi connectivity index (χ0) is 21.8. The van der Waals surface area contributed by atoms with Gasteiger partial charge in [0.15, 0.2) is 5.60 Å². The number of halogens is 4. The zero-order valence-corrected chi connectivity index (χ0v) is 17.4. The van der Waals surface area contributed by atoms with Crippen LogP contribution in [0.1, 0.15) is 37.8 Å². The fraction of sp³-hybridized carbons (Fsp3) is 0.522. The van der Waals surface area contributed by atoms with E-state index in [9.17, 15) is 17.6 Å². The van der Waals surface area contributed by atoms with Crippen molar-refractivity contribution in [3.63, 3.8) is 0 Å². The first-order chi connectivity index (χ1) is 14.2. The van der Waals surface area contributed by atoms with Crippen molar-refractivity contribution < 1.29 is 22.3 Å². The minimum atomic E-state index is -4.50. The van der Waals surface area contributed by atoms with Gasteiger partial charge in [0.25, 0.3) is 0 Å². The van der Waals surface area contributed by atoms with E-state index in [1.807, 2.05) is 17.0 Å². The summed E-state index contributed by atoms with van der Waals surface area (Å²) in [7, 11) is 0. The predicted octanol–water partition coefficient (Wildman–Crippen LogP) is 5.40. The minimum absolute atomic E-state index is 0.0170. The van der Waals surface area contributed by atoms with Crippen molar-refractivity contribution >= 4 is 0 Å². The molecule has 7 heteroatoms. The van der Waals surface area contributed by atoms with E-state index in [0.29, 0.717) is 32.4 Å². The number of benzene rings is 1. The summed E-state index contributed by atoms with van der Waals surface area (Å²) in [5, 5.41) is 0. The van der Waals surface area contributed by atoms with E-state index in [1.54, 1.807) is 31.5 Å². The highest BCUT2D eigenvalue weighted by Crippen LogP contribution is 2.53. The fourth-order valence-corrected chi connectivity index (χ4v) is 4.53. The summed E-state index contributed by atoms with van der Waals surface area (Å²) >= 11 is 0. The Morgan fingerprint density at radius 3 is 2.47 bits per heavy atom. The van der Waals surface area contributed by atoms with Gasteiger partial charge in [-0.15, -0.1) is 0 Å². The highest BCUT2D eigenvalue weighted by Gasteiger charge is 2.65. The van der Waals surface area contributed by atoms with Crippen molar-refractivity contribution in [3.05, 3.63) is 65.7 Å². The maximum atomic E-state index is 14.3. The lowest BCUT2D eigenvalue weighted by atomic mass is 9.67. The van der Waals surface area contributed by atoms with Crippen molar-refractivity contribution in [1.82, 2.24) is 9.88 Å². The van der Waals surface area contributed by atoms with Crippen LogP contribution in [0.4, 0.5) is 17.6 Å². The van der Waals surface area contributed by atoms with Gasteiger partial charge in [-0.3, -0.25) is 9.88 Å². The summed E-state index contributed by atoms with van der Waals surface area (Å²) in [5.74, 6) is -0.355. The third-order valence-corrected chi connectivity index (χ3v) is 6.35. The Labute approximate surface area is 175 Å². The second-order valence-corrected chi connectivity index (χ2v) is 8.19. The quantitative estimate of drug-likeness (QED) is 0.531. The topological polar surface area (TPSA) is 25.4 Å². The summed E-state index contributed by atoms with van der Waals surface area (Å²) in [6.45, 7) is 4.15. The molecule has 1 fully saturated rings. The van der Waals surface area contributed by atoms with Crippen LogP contribution in [0.25, 0.3) is 0 Å². The Kier molecular flexibility index (Phi) is 6.82. The van der Waals surface area contributed by atoms with Gasteiger partial charge in [0.1, 0.15) is 5.82 Å². The van der Waals surface area contributed by atoms with E-state index in [1.165, 1.54) is 19.1 Å². The van der Waals surface area contributed by atoms with Crippen LogP contribution in [-0.2, 0) is 17.7 Å². The van der Waals surface area contributed by atoms with Crippen LogP contribution in [0.2, 0.25) is 0 Å². The van der Waals surface area contributed by atoms with Crippen LogP contribution in [0.15, 0.2) is 48.8 Å². The number of ether oxygens (including phenoxy) is 1. The zero-order valence-electron chi connectivity index (χ0n) is 17.4. The van der Waals surface area contributed by atoms with Crippen molar-refractivity contribution in [1.29, 1.82) is 0 Å². The first kappa shape index (κ1) is 22.7. The number of hydrogen-bond acceptors (Lipinski definition) is 3. The molecule has 164 valence electrons. The average Bonchev–Trinajstić information content (AvgIpc) is 3.12. The Morgan fingerprint density at radius 1 is 1.13 bits per heavy atom. The third-order valence-electron chi connectivity index (χ3n) is 6.35. The lowest BCUT2D eigenvalue weighted by molar-refractivity contribution is -0.310. The normalized spacial score (nSPS) is 22.2. The smallest absolute Gasteiger partial charge is 0.365 e. The molecule has 0 amide bonds. The highest BCUT2D eigenvalue weighted by atomic mass is 19.4. The molecule has 1 aromatic carbocycles. The second kappa shape index (κ2) is 9.02. The van der Waals surface area contributed by atoms with Crippen molar-refractivity contribution in [3.8, 4) is 0 Å². The van der Waals surface area contributed by atoms with E-state index >= 15 is 0 Å². The van der Waals surface area contributed by atoms with Gasteiger partial charge in [-0.05, 0) is 69.0 Å². The molecule has 30 heavy (non-hydrogen) atoms. The molecule has 0 saturated carbocycles. The van der Waals surface area contributed by atoms with Gasteiger partial charge in [-0.25, -0.2) is 4.39 Å². The number of rotatable bonds is 8. The Morgan fingerprint density at radius 2 is 1.87 bits per heavy atom. The number of pyridine rings is 1. The molecule has 1 aliphatic heterocycles. The monoisotopic (exact) mass is 424 g/mol. The van der Waals surface area contributed by atoms with Crippen LogP contribution >= 0.6 is 0 Å². The number of aromatic nitrogens is 1. The van der Waals surface area contributed by atoms with Crippen LogP contribution in [0.3, 0.4) is 0 Å². The third kappa shape index (κ3) is 4.67. The molecule has 2 aromatic rings. The number of nitrogens with zero attached hydrogens (tertiary/aromatic N) is 2. The van der Waals surface area contributed by atoms with Crippen molar-refractivity contribution in [2.45, 2.75) is 51.4 Å². The molecule has 3 rings (SSSR count). The van der Waals surface area contributed by atoms with Gasteiger partial charge < -0.3 is 4.74 Å². The van der Waals surface area contributed by atoms with Crippen molar-refractivity contribution in [2.24, 2.45) is 5.41 Å². The molecule has 1 aromatic heterocycles. The van der Waals surface area contributed by atoms with E-state index in [0.717, 1.165) is 11.1 Å². The Balaban J connectivity index is 1.87. The summed E-state index contributed by atoms with van der Waals surface area (Å²) in [5.41, 5.74) is -1.57. The van der Waals surface area contributed by atoms with Gasteiger partial charge in [0, 0.05) is 37.5 Å². The van der Waals surface area contributed by atoms with E-state index in [-0.39, 0.29) is 19.0 Å². The van der Waals surface area contributed by atoms with E-state index < -0.39 is 17.2 Å². The average molecular weight is 424 g/mol. The van der Waals surface area contributed by atoms with Crippen LogP contribution in [0.5, 0.6) is 0 Å².